The first-order chi connectivity index (χ1) is 12.8. The van der Waals surface area contributed by atoms with Gasteiger partial charge in [0, 0.05) is 23.2 Å². The molecule has 0 N–H and O–H groups in total. The molecular weight excluding hydrogens is 369 g/mol. The van der Waals surface area contributed by atoms with Gasteiger partial charge in [-0.2, -0.15) is 0 Å². The Morgan fingerprint density at radius 3 is 2.56 bits per heavy atom. The average molecular weight is 387 g/mol. The zero-order valence-electron chi connectivity index (χ0n) is 14.8. The van der Waals surface area contributed by atoms with Crippen LogP contribution in [0.3, 0.4) is 0 Å². The van der Waals surface area contributed by atoms with Gasteiger partial charge in [-0.05, 0) is 38.1 Å². The number of nitrogens with zero attached hydrogens (tertiary/aromatic N) is 1. The maximum atomic E-state index is 14.5. The van der Waals surface area contributed by atoms with Crippen LogP contribution in [0.25, 0.3) is 17.0 Å². The molecule has 0 aliphatic rings. The van der Waals surface area contributed by atoms with Crippen LogP contribution in [0, 0.1) is 12.7 Å². The second-order valence-corrected chi connectivity index (χ2v) is 7.73. The summed E-state index contributed by atoms with van der Waals surface area (Å²) in [4.78, 5) is 11.6. The molecule has 3 rings (SSSR count). The Bertz CT molecular complexity index is 1130. The minimum atomic E-state index is -4.01. The molecule has 1 heterocycles. The van der Waals surface area contributed by atoms with Crippen LogP contribution >= 0.6 is 0 Å². The maximum absolute atomic E-state index is 14.5. The van der Waals surface area contributed by atoms with Crippen LogP contribution in [0.4, 0.5) is 4.39 Å². The van der Waals surface area contributed by atoms with Gasteiger partial charge in [-0.3, -0.25) is 0 Å². The average Bonchev–Trinajstić information content (AvgIpc) is 3.01. The monoisotopic (exact) mass is 387 g/mol. The molecule has 0 amide bonds. The number of aromatic nitrogens is 1. The van der Waals surface area contributed by atoms with Crippen LogP contribution < -0.4 is 0 Å². The first kappa shape index (κ1) is 18.8. The summed E-state index contributed by atoms with van der Waals surface area (Å²) in [6.07, 6.45) is 3.91. The van der Waals surface area contributed by atoms with Crippen LogP contribution in [0.2, 0.25) is 0 Å². The fourth-order valence-corrected chi connectivity index (χ4v) is 4.11. The van der Waals surface area contributed by atoms with Crippen molar-refractivity contribution in [2.75, 3.05) is 6.61 Å². The van der Waals surface area contributed by atoms with E-state index in [4.69, 9.17) is 4.74 Å². The third-order valence-corrected chi connectivity index (χ3v) is 5.71. The van der Waals surface area contributed by atoms with Gasteiger partial charge >= 0.3 is 5.97 Å². The van der Waals surface area contributed by atoms with Crippen molar-refractivity contribution in [1.29, 1.82) is 0 Å². The second kappa shape index (κ2) is 7.36. The number of hydrogen-bond acceptors (Lipinski definition) is 4. The molecule has 1 aromatic heterocycles. The van der Waals surface area contributed by atoms with Crippen molar-refractivity contribution in [2.24, 2.45) is 0 Å². The molecule has 0 bridgehead atoms. The lowest BCUT2D eigenvalue weighted by atomic mass is 10.1. The van der Waals surface area contributed by atoms with E-state index >= 15 is 0 Å². The summed E-state index contributed by atoms with van der Waals surface area (Å²) < 4.78 is 46.3. The Morgan fingerprint density at radius 1 is 1.19 bits per heavy atom. The molecule has 5 nitrogen and oxygen atoms in total. The van der Waals surface area contributed by atoms with E-state index in [0.717, 1.165) is 9.54 Å². The first-order valence-electron chi connectivity index (χ1n) is 8.31. The quantitative estimate of drug-likeness (QED) is 0.492. The van der Waals surface area contributed by atoms with Crippen LogP contribution in [-0.2, 0) is 19.6 Å². The molecule has 3 aromatic rings. The lowest BCUT2D eigenvalue weighted by Crippen LogP contribution is -2.12. The predicted molar refractivity (Wildman–Crippen MR) is 101 cm³/mol. The molecule has 0 aliphatic heterocycles. The van der Waals surface area contributed by atoms with Gasteiger partial charge in [0.05, 0.1) is 11.5 Å². The van der Waals surface area contributed by atoms with Crippen LogP contribution in [-0.4, -0.2) is 25.0 Å². The summed E-state index contributed by atoms with van der Waals surface area (Å²) in [5, 5.41) is 0.381. The van der Waals surface area contributed by atoms with E-state index in [1.54, 1.807) is 25.1 Å². The van der Waals surface area contributed by atoms with Gasteiger partial charge in [-0.15, -0.1) is 0 Å². The highest BCUT2D eigenvalue weighted by Crippen LogP contribution is 2.29. The zero-order valence-corrected chi connectivity index (χ0v) is 15.7. The standard InChI is InChI=1S/C20H18FNO4S/c1-3-26-19(23)12-9-15-13-22(20-17(15)5-4-6-18(20)21)27(24,25)16-10-7-14(2)8-11-16/h4-13H,3H2,1-2H3/b12-9+. The summed E-state index contributed by atoms with van der Waals surface area (Å²) in [6, 6.07) is 10.6. The van der Waals surface area contributed by atoms with Gasteiger partial charge in [-0.25, -0.2) is 21.6 Å². The van der Waals surface area contributed by atoms with Gasteiger partial charge in [0.25, 0.3) is 10.0 Å². The SMILES string of the molecule is CCOC(=O)/C=C/c1cn(S(=O)(=O)c2ccc(C)cc2)c2c(F)cccc12. The molecule has 0 fully saturated rings. The molecule has 0 aliphatic carbocycles. The lowest BCUT2D eigenvalue weighted by Gasteiger charge is -2.08. The molecular formula is C20H18FNO4S. The number of rotatable bonds is 5. The number of carbonyl (C=O) groups is 1. The lowest BCUT2D eigenvalue weighted by molar-refractivity contribution is -0.137. The van der Waals surface area contributed by atoms with Crippen LogP contribution in [0.1, 0.15) is 18.1 Å². The van der Waals surface area contributed by atoms with E-state index in [-0.39, 0.29) is 17.0 Å². The van der Waals surface area contributed by atoms with Gasteiger partial charge < -0.3 is 4.74 Å². The zero-order chi connectivity index (χ0) is 19.6. The fourth-order valence-electron chi connectivity index (χ4n) is 2.73. The number of aryl methyl sites for hydroxylation is 1. The van der Waals surface area contributed by atoms with Crippen molar-refractivity contribution in [3.63, 3.8) is 0 Å². The molecule has 0 unspecified atom stereocenters. The van der Waals surface area contributed by atoms with E-state index < -0.39 is 21.8 Å². The van der Waals surface area contributed by atoms with Crippen molar-refractivity contribution in [1.82, 2.24) is 3.97 Å². The second-order valence-electron chi connectivity index (χ2n) is 5.92. The number of para-hydroxylation sites is 1. The molecule has 0 saturated heterocycles. The highest BCUT2D eigenvalue weighted by molar-refractivity contribution is 7.90. The van der Waals surface area contributed by atoms with Crippen molar-refractivity contribution >= 4 is 33.0 Å². The van der Waals surface area contributed by atoms with Crippen molar-refractivity contribution in [3.8, 4) is 0 Å². The van der Waals surface area contributed by atoms with E-state index in [2.05, 4.69) is 0 Å². The van der Waals surface area contributed by atoms with E-state index in [1.807, 2.05) is 6.92 Å². The minimum absolute atomic E-state index is 0.0502. The van der Waals surface area contributed by atoms with E-state index in [1.165, 1.54) is 42.6 Å². The number of fused-ring (bicyclic) bond motifs is 1. The van der Waals surface area contributed by atoms with Crippen LogP contribution in [0.5, 0.6) is 0 Å². The van der Waals surface area contributed by atoms with E-state index in [0.29, 0.717) is 10.9 Å². The summed E-state index contributed by atoms with van der Waals surface area (Å²) in [5.74, 6) is -1.23. The number of halogens is 1. The predicted octanol–water partition coefficient (Wildman–Crippen LogP) is 3.90. The maximum Gasteiger partial charge on any atom is 0.330 e. The molecule has 7 heteroatoms. The summed E-state index contributed by atoms with van der Waals surface area (Å²) in [6.45, 7) is 3.75. The Balaban J connectivity index is 2.19. The van der Waals surface area contributed by atoms with E-state index in [9.17, 15) is 17.6 Å². The van der Waals surface area contributed by atoms with Gasteiger partial charge in [0.15, 0.2) is 0 Å². The third kappa shape index (κ3) is 3.64. The molecule has 2 aromatic carbocycles. The number of benzene rings is 2. The Kier molecular flexibility index (Phi) is 5.14. The summed E-state index contributed by atoms with van der Waals surface area (Å²) >= 11 is 0. The molecule has 140 valence electrons. The molecule has 0 saturated carbocycles. The topological polar surface area (TPSA) is 65.4 Å². The van der Waals surface area contributed by atoms with Crippen molar-refractivity contribution in [2.45, 2.75) is 18.7 Å². The molecule has 0 atom stereocenters. The summed E-state index contributed by atoms with van der Waals surface area (Å²) in [7, 11) is -4.01. The number of esters is 1. The van der Waals surface area contributed by atoms with Crippen molar-refractivity contribution in [3.05, 3.63) is 71.7 Å². The number of ether oxygens (including phenoxy) is 1. The van der Waals surface area contributed by atoms with Gasteiger partial charge in [-0.1, -0.05) is 29.8 Å². The van der Waals surface area contributed by atoms with Gasteiger partial charge in [0.2, 0.25) is 0 Å². The smallest absolute Gasteiger partial charge is 0.330 e. The summed E-state index contributed by atoms with van der Waals surface area (Å²) in [5.41, 5.74) is 1.24. The first-order valence-corrected chi connectivity index (χ1v) is 9.75. The van der Waals surface area contributed by atoms with Crippen molar-refractivity contribution < 1.29 is 22.3 Å². The minimum Gasteiger partial charge on any atom is -0.463 e. The number of carbonyl (C=O) groups excluding carboxylic acids is 1. The molecule has 27 heavy (non-hydrogen) atoms. The normalized spacial score (nSPS) is 12.0. The largest absolute Gasteiger partial charge is 0.463 e. The number of hydrogen-bond donors (Lipinski definition) is 0. The highest BCUT2D eigenvalue weighted by Gasteiger charge is 2.22. The van der Waals surface area contributed by atoms with Crippen LogP contribution in [0.15, 0.2) is 59.6 Å². The Labute approximate surface area is 156 Å². The Morgan fingerprint density at radius 2 is 1.89 bits per heavy atom. The van der Waals surface area contributed by atoms with Gasteiger partial charge in [0.1, 0.15) is 11.3 Å². The fraction of sp³-hybridized carbons (Fsp3) is 0.150. The third-order valence-electron chi connectivity index (χ3n) is 4.04. The Hall–Kier alpha value is -2.93. The highest BCUT2D eigenvalue weighted by atomic mass is 32.2. The molecule has 0 spiro atoms. The molecule has 0 radical (unpaired) electrons.